The number of aromatic nitrogens is 1. The van der Waals surface area contributed by atoms with Crippen molar-refractivity contribution in [1.82, 2.24) is 15.2 Å². The van der Waals surface area contributed by atoms with E-state index in [0.29, 0.717) is 0 Å². The summed E-state index contributed by atoms with van der Waals surface area (Å²) in [5.41, 5.74) is 1.20. The van der Waals surface area contributed by atoms with Gasteiger partial charge in [0.15, 0.2) is 0 Å². The van der Waals surface area contributed by atoms with Gasteiger partial charge < -0.3 is 9.73 Å². The van der Waals surface area contributed by atoms with Gasteiger partial charge in [0.2, 0.25) is 0 Å². The monoisotopic (exact) mass is 273 g/mol. The first-order valence-electron chi connectivity index (χ1n) is 7.22. The zero-order valence-electron chi connectivity index (χ0n) is 12.2. The van der Waals surface area contributed by atoms with Gasteiger partial charge in [0.05, 0.1) is 12.3 Å². The lowest BCUT2D eigenvalue weighted by Crippen LogP contribution is -2.35. The van der Waals surface area contributed by atoms with E-state index in [1.165, 1.54) is 5.56 Å². The Hall–Kier alpha value is -1.65. The van der Waals surface area contributed by atoms with Crippen LogP contribution in [0.25, 0.3) is 0 Å². The van der Waals surface area contributed by atoms with Crippen LogP contribution in [0.2, 0.25) is 0 Å². The molecule has 0 saturated carbocycles. The van der Waals surface area contributed by atoms with Crippen molar-refractivity contribution < 1.29 is 4.42 Å². The zero-order valence-corrected chi connectivity index (χ0v) is 12.2. The Labute approximate surface area is 120 Å². The van der Waals surface area contributed by atoms with E-state index in [1.807, 2.05) is 18.3 Å². The molecule has 0 fully saturated rings. The number of nitrogens with one attached hydrogen (secondary N) is 1. The number of hydrogen-bond acceptors (Lipinski definition) is 4. The lowest BCUT2D eigenvalue weighted by molar-refractivity contribution is 0.188. The van der Waals surface area contributed by atoms with Gasteiger partial charge in [-0.3, -0.25) is 9.88 Å². The van der Waals surface area contributed by atoms with Crippen molar-refractivity contribution in [3.63, 3.8) is 0 Å². The molecule has 0 bridgehead atoms. The lowest BCUT2D eigenvalue weighted by Gasteiger charge is -2.28. The minimum Gasteiger partial charge on any atom is -0.468 e. The molecule has 4 nitrogen and oxygen atoms in total. The van der Waals surface area contributed by atoms with Crippen LogP contribution < -0.4 is 5.32 Å². The molecule has 0 aliphatic heterocycles. The summed E-state index contributed by atoms with van der Waals surface area (Å²) in [6, 6.07) is 8.32. The summed E-state index contributed by atoms with van der Waals surface area (Å²) in [6.07, 6.45) is 5.43. The molecule has 0 spiro atoms. The highest BCUT2D eigenvalue weighted by Gasteiger charge is 2.19. The van der Waals surface area contributed by atoms with Crippen LogP contribution in [0.4, 0.5) is 0 Å². The third-order valence-corrected chi connectivity index (χ3v) is 3.51. The molecule has 0 amide bonds. The van der Waals surface area contributed by atoms with Crippen LogP contribution in [0.3, 0.4) is 0 Å². The molecular weight excluding hydrogens is 250 g/mol. The topological polar surface area (TPSA) is 41.3 Å². The van der Waals surface area contributed by atoms with Crippen molar-refractivity contribution in [3.05, 3.63) is 54.2 Å². The molecular formula is C16H23N3O. The molecule has 1 N–H and O–H groups in total. The van der Waals surface area contributed by atoms with Gasteiger partial charge in [0.1, 0.15) is 5.76 Å². The van der Waals surface area contributed by atoms with E-state index >= 15 is 0 Å². The highest BCUT2D eigenvalue weighted by molar-refractivity contribution is 5.09. The fraction of sp³-hybridized carbons (Fsp3) is 0.438. The summed E-state index contributed by atoms with van der Waals surface area (Å²) in [5, 5.41) is 3.50. The Morgan fingerprint density at radius 1 is 1.25 bits per heavy atom. The molecule has 0 aromatic carbocycles. The molecule has 0 aliphatic rings. The molecule has 2 heterocycles. The second-order valence-corrected chi connectivity index (χ2v) is 4.74. The fourth-order valence-corrected chi connectivity index (χ4v) is 2.41. The van der Waals surface area contributed by atoms with Crippen LogP contribution in [0.1, 0.15) is 31.2 Å². The van der Waals surface area contributed by atoms with Crippen molar-refractivity contribution in [2.75, 3.05) is 19.6 Å². The van der Waals surface area contributed by atoms with Crippen LogP contribution in [0.5, 0.6) is 0 Å². The van der Waals surface area contributed by atoms with E-state index in [0.717, 1.165) is 31.9 Å². The SMILES string of the molecule is CCN(CC)C(CNCc1cccnc1)c1ccco1. The first-order chi connectivity index (χ1) is 9.85. The molecule has 2 aromatic heterocycles. The molecule has 0 aliphatic carbocycles. The standard InChI is InChI=1S/C16H23N3O/c1-3-19(4-2)15(16-8-6-10-20-16)13-18-12-14-7-5-9-17-11-14/h5-11,15,18H,3-4,12-13H2,1-2H3. The van der Waals surface area contributed by atoms with Crippen LogP contribution in [-0.4, -0.2) is 29.5 Å². The molecule has 0 saturated heterocycles. The van der Waals surface area contributed by atoms with E-state index in [2.05, 4.69) is 41.2 Å². The molecule has 1 atom stereocenters. The summed E-state index contributed by atoms with van der Waals surface area (Å²) >= 11 is 0. The maximum Gasteiger partial charge on any atom is 0.122 e. The van der Waals surface area contributed by atoms with E-state index in [1.54, 1.807) is 12.5 Å². The summed E-state index contributed by atoms with van der Waals surface area (Å²) in [6.45, 7) is 8.07. The van der Waals surface area contributed by atoms with Gasteiger partial charge in [-0.2, -0.15) is 0 Å². The minimum absolute atomic E-state index is 0.275. The molecule has 2 aromatic rings. The highest BCUT2D eigenvalue weighted by atomic mass is 16.3. The molecule has 4 heteroatoms. The Balaban J connectivity index is 1.94. The van der Waals surface area contributed by atoms with Crippen LogP contribution in [0.15, 0.2) is 47.3 Å². The van der Waals surface area contributed by atoms with E-state index in [9.17, 15) is 0 Å². The number of rotatable bonds is 8. The van der Waals surface area contributed by atoms with Gasteiger partial charge in [-0.05, 0) is 36.9 Å². The molecule has 1 unspecified atom stereocenters. The molecule has 20 heavy (non-hydrogen) atoms. The second-order valence-electron chi connectivity index (χ2n) is 4.74. The van der Waals surface area contributed by atoms with Gasteiger partial charge in [-0.25, -0.2) is 0 Å². The van der Waals surface area contributed by atoms with Crippen LogP contribution >= 0.6 is 0 Å². The Morgan fingerprint density at radius 2 is 2.10 bits per heavy atom. The van der Waals surface area contributed by atoms with E-state index < -0.39 is 0 Å². The first kappa shape index (κ1) is 14.8. The average Bonchev–Trinajstić information content (AvgIpc) is 3.02. The first-order valence-corrected chi connectivity index (χ1v) is 7.22. The lowest BCUT2D eigenvalue weighted by atomic mass is 10.1. The van der Waals surface area contributed by atoms with Crippen LogP contribution in [0, 0.1) is 0 Å². The van der Waals surface area contributed by atoms with Crippen molar-refractivity contribution >= 4 is 0 Å². The van der Waals surface area contributed by atoms with Crippen molar-refractivity contribution in [3.8, 4) is 0 Å². The third-order valence-electron chi connectivity index (χ3n) is 3.51. The van der Waals surface area contributed by atoms with Crippen molar-refractivity contribution in [2.45, 2.75) is 26.4 Å². The van der Waals surface area contributed by atoms with Gasteiger partial charge >= 0.3 is 0 Å². The number of pyridine rings is 1. The summed E-state index contributed by atoms with van der Waals surface area (Å²) in [5.74, 6) is 1.02. The molecule has 108 valence electrons. The predicted octanol–water partition coefficient (Wildman–Crippen LogP) is 2.85. The Kier molecular flexibility index (Phi) is 5.77. The summed E-state index contributed by atoms with van der Waals surface area (Å²) in [7, 11) is 0. The maximum atomic E-state index is 5.59. The largest absolute Gasteiger partial charge is 0.468 e. The number of likely N-dealkylation sites (N-methyl/N-ethyl adjacent to an activating group) is 1. The predicted molar refractivity (Wildman–Crippen MR) is 80.3 cm³/mol. The fourth-order valence-electron chi connectivity index (χ4n) is 2.41. The molecule has 2 rings (SSSR count). The Bertz CT molecular complexity index is 466. The van der Waals surface area contributed by atoms with E-state index in [-0.39, 0.29) is 6.04 Å². The van der Waals surface area contributed by atoms with E-state index in [4.69, 9.17) is 4.42 Å². The quantitative estimate of drug-likeness (QED) is 0.803. The van der Waals surface area contributed by atoms with Gasteiger partial charge in [-0.1, -0.05) is 19.9 Å². The van der Waals surface area contributed by atoms with Crippen molar-refractivity contribution in [1.29, 1.82) is 0 Å². The number of hydrogen-bond donors (Lipinski definition) is 1. The number of nitrogens with zero attached hydrogens (tertiary/aromatic N) is 2. The van der Waals surface area contributed by atoms with Gasteiger partial charge in [0, 0.05) is 25.5 Å². The van der Waals surface area contributed by atoms with Gasteiger partial charge in [-0.15, -0.1) is 0 Å². The Morgan fingerprint density at radius 3 is 2.70 bits per heavy atom. The highest BCUT2D eigenvalue weighted by Crippen LogP contribution is 2.20. The minimum atomic E-state index is 0.275. The maximum absolute atomic E-state index is 5.59. The second kappa shape index (κ2) is 7.82. The van der Waals surface area contributed by atoms with Crippen molar-refractivity contribution in [2.24, 2.45) is 0 Å². The normalized spacial score (nSPS) is 12.8. The number of furan rings is 1. The summed E-state index contributed by atoms with van der Waals surface area (Å²) in [4.78, 5) is 6.53. The average molecular weight is 273 g/mol. The summed E-state index contributed by atoms with van der Waals surface area (Å²) < 4.78 is 5.59. The third kappa shape index (κ3) is 3.92. The van der Waals surface area contributed by atoms with Crippen LogP contribution in [-0.2, 0) is 6.54 Å². The zero-order chi connectivity index (χ0) is 14.2. The smallest absolute Gasteiger partial charge is 0.122 e. The van der Waals surface area contributed by atoms with Gasteiger partial charge in [0.25, 0.3) is 0 Å². The molecule has 0 radical (unpaired) electrons.